The molecule has 0 bridgehead atoms. The van der Waals surface area contributed by atoms with Crippen molar-refractivity contribution in [3.63, 3.8) is 0 Å². The second kappa shape index (κ2) is 6.84. The Labute approximate surface area is 179 Å². The number of rotatable bonds is 2. The van der Waals surface area contributed by atoms with Crippen LogP contribution in [0.2, 0.25) is 0 Å². The predicted octanol–water partition coefficient (Wildman–Crippen LogP) is 5.06. The summed E-state index contributed by atoms with van der Waals surface area (Å²) in [4.78, 5) is 19.8. The Balaban J connectivity index is 1.62. The van der Waals surface area contributed by atoms with E-state index in [1.54, 1.807) is 6.07 Å². The fourth-order valence-corrected chi connectivity index (χ4v) is 4.69. The van der Waals surface area contributed by atoms with Gasteiger partial charge < -0.3 is 13.9 Å². The lowest BCUT2D eigenvalue weighted by Crippen LogP contribution is -2.38. The van der Waals surface area contributed by atoms with Crippen molar-refractivity contribution in [1.82, 2.24) is 9.55 Å². The number of hydrogen-bond donors (Lipinski definition) is 0. The third-order valence-corrected chi connectivity index (χ3v) is 6.14. The molecule has 0 N–H and O–H groups in total. The Morgan fingerprint density at radius 2 is 1.77 bits per heavy atom. The van der Waals surface area contributed by atoms with Gasteiger partial charge in [0.1, 0.15) is 11.4 Å². The topological polar surface area (TPSA) is 51.3 Å². The average molecular weight is 407 g/mol. The standard InChI is InChI=1S/C26H21N3O2/c1-17-11-12-24-20(13-17)19(14-25(30)31-24)21-15-28(18-7-3-2-4-8-18)16-29-23-10-6-5-9-22(23)27-26(21)29/h2-14,21H,15-16H2,1H3. The minimum atomic E-state index is -0.328. The van der Waals surface area contributed by atoms with Crippen molar-refractivity contribution in [3.8, 4) is 0 Å². The van der Waals surface area contributed by atoms with Crippen molar-refractivity contribution in [2.45, 2.75) is 19.5 Å². The molecule has 5 aromatic rings. The van der Waals surface area contributed by atoms with E-state index in [2.05, 4.69) is 52.8 Å². The van der Waals surface area contributed by atoms with Gasteiger partial charge >= 0.3 is 5.63 Å². The van der Waals surface area contributed by atoms with Crippen LogP contribution in [0.3, 0.4) is 0 Å². The Hall–Kier alpha value is -3.86. The second-order valence-electron chi connectivity index (χ2n) is 8.16. The first-order valence-corrected chi connectivity index (χ1v) is 10.5. The molecule has 5 heteroatoms. The summed E-state index contributed by atoms with van der Waals surface area (Å²) in [5, 5.41) is 0.970. The quantitative estimate of drug-likeness (QED) is 0.384. The molecule has 31 heavy (non-hydrogen) atoms. The van der Waals surface area contributed by atoms with Gasteiger partial charge in [-0.15, -0.1) is 0 Å². The van der Waals surface area contributed by atoms with E-state index in [1.807, 2.05) is 36.4 Å². The summed E-state index contributed by atoms with van der Waals surface area (Å²) in [6.07, 6.45) is 0. The van der Waals surface area contributed by atoms with E-state index in [1.165, 1.54) is 0 Å². The molecule has 0 spiro atoms. The van der Waals surface area contributed by atoms with Gasteiger partial charge in [0.15, 0.2) is 0 Å². The Bertz CT molecular complexity index is 1480. The van der Waals surface area contributed by atoms with E-state index in [9.17, 15) is 4.79 Å². The van der Waals surface area contributed by atoms with Crippen LogP contribution < -0.4 is 10.5 Å². The van der Waals surface area contributed by atoms with Crippen LogP contribution in [0.4, 0.5) is 5.69 Å². The van der Waals surface area contributed by atoms with Gasteiger partial charge in [-0.3, -0.25) is 0 Å². The zero-order valence-electron chi connectivity index (χ0n) is 17.2. The third-order valence-electron chi connectivity index (χ3n) is 6.14. The molecule has 6 rings (SSSR count). The van der Waals surface area contributed by atoms with E-state index in [4.69, 9.17) is 9.40 Å². The highest BCUT2D eigenvalue weighted by molar-refractivity contribution is 5.83. The molecule has 5 nitrogen and oxygen atoms in total. The first-order chi connectivity index (χ1) is 15.2. The number of imidazole rings is 1. The van der Waals surface area contributed by atoms with E-state index in [-0.39, 0.29) is 11.5 Å². The molecule has 3 heterocycles. The number of hydrogen-bond acceptors (Lipinski definition) is 4. The second-order valence-corrected chi connectivity index (χ2v) is 8.16. The highest BCUT2D eigenvalue weighted by Gasteiger charge is 2.31. The summed E-state index contributed by atoms with van der Waals surface area (Å²) in [7, 11) is 0. The summed E-state index contributed by atoms with van der Waals surface area (Å²) < 4.78 is 7.78. The van der Waals surface area contributed by atoms with Crippen LogP contribution in [0.25, 0.3) is 22.0 Å². The van der Waals surface area contributed by atoms with Gasteiger partial charge in [0.2, 0.25) is 0 Å². The van der Waals surface area contributed by atoms with Gasteiger partial charge in [-0.05, 0) is 48.9 Å². The van der Waals surface area contributed by atoms with Gasteiger partial charge in [0.05, 0.1) is 23.6 Å². The lowest BCUT2D eigenvalue weighted by atomic mass is 9.92. The van der Waals surface area contributed by atoms with Crippen LogP contribution in [-0.4, -0.2) is 16.1 Å². The van der Waals surface area contributed by atoms with Gasteiger partial charge in [-0.2, -0.15) is 0 Å². The van der Waals surface area contributed by atoms with Crippen molar-refractivity contribution in [2.24, 2.45) is 0 Å². The normalized spacial score (nSPS) is 16.0. The molecule has 152 valence electrons. The molecule has 0 saturated heterocycles. The molecule has 3 aromatic carbocycles. The monoisotopic (exact) mass is 407 g/mol. The molecule has 1 aliphatic heterocycles. The maximum Gasteiger partial charge on any atom is 0.336 e. The number of fused-ring (bicyclic) bond motifs is 4. The zero-order chi connectivity index (χ0) is 20.9. The molecule has 0 fully saturated rings. The summed E-state index contributed by atoms with van der Waals surface area (Å²) in [6.45, 7) is 3.51. The minimum absolute atomic E-state index is 0.0604. The van der Waals surface area contributed by atoms with Crippen LogP contribution in [0.15, 0.2) is 88.1 Å². The van der Waals surface area contributed by atoms with Crippen molar-refractivity contribution in [3.05, 3.63) is 106 Å². The van der Waals surface area contributed by atoms with Gasteiger partial charge in [-0.25, -0.2) is 9.78 Å². The van der Waals surface area contributed by atoms with Crippen LogP contribution in [0.1, 0.15) is 22.9 Å². The summed E-state index contributed by atoms with van der Waals surface area (Å²) in [5.41, 5.74) is 5.62. The molecule has 0 aliphatic carbocycles. The number of nitrogens with zero attached hydrogens (tertiary/aromatic N) is 3. The predicted molar refractivity (Wildman–Crippen MR) is 123 cm³/mol. The average Bonchev–Trinajstić information content (AvgIpc) is 3.17. The van der Waals surface area contributed by atoms with Crippen molar-refractivity contribution >= 4 is 27.7 Å². The van der Waals surface area contributed by atoms with Crippen molar-refractivity contribution in [1.29, 1.82) is 0 Å². The molecule has 0 radical (unpaired) electrons. The summed E-state index contributed by atoms with van der Waals surface area (Å²) >= 11 is 0. The Morgan fingerprint density at radius 3 is 2.65 bits per heavy atom. The lowest BCUT2D eigenvalue weighted by Gasteiger charge is -2.36. The molecular weight excluding hydrogens is 386 g/mol. The SMILES string of the molecule is Cc1ccc2oc(=O)cc(C3CN(c4ccccc4)Cn4c3nc3ccccc34)c2c1. The van der Waals surface area contributed by atoms with Crippen LogP contribution in [-0.2, 0) is 6.67 Å². The molecule has 0 saturated carbocycles. The van der Waals surface area contributed by atoms with Crippen molar-refractivity contribution in [2.75, 3.05) is 11.4 Å². The number of para-hydroxylation sites is 3. The molecule has 1 atom stereocenters. The van der Waals surface area contributed by atoms with Gasteiger partial charge in [-0.1, -0.05) is 42.0 Å². The Kier molecular flexibility index (Phi) is 3.96. The minimum Gasteiger partial charge on any atom is -0.423 e. The van der Waals surface area contributed by atoms with Gasteiger partial charge in [0.25, 0.3) is 0 Å². The van der Waals surface area contributed by atoms with Gasteiger partial charge in [0, 0.05) is 23.7 Å². The van der Waals surface area contributed by atoms with Crippen molar-refractivity contribution < 1.29 is 4.42 Å². The fourth-order valence-electron chi connectivity index (χ4n) is 4.69. The molecular formula is C26H21N3O2. The first-order valence-electron chi connectivity index (χ1n) is 10.5. The smallest absolute Gasteiger partial charge is 0.336 e. The summed E-state index contributed by atoms with van der Waals surface area (Å²) in [6, 6.07) is 26.2. The number of aromatic nitrogens is 2. The maximum absolute atomic E-state index is 12.5. The maximum atomic E-state index is 12.5. The van der Waals surface area contributed by atoms with E-state index in [0.717, 1.165) is 52.3 Å². The van der Waals surface area contributed by atoms with Crippen LogP contribution in [0.5, 0.6) is 0 Å². The first kappa shape index (κ1) is 18.0. The van der Waals surface area contributed by atoms with Crippen LogP contribution in [0, 0.1) is 6.92 Å². The molecule has 1 unspecified atom stereocenters. The number of benzene rings is 3. The van der Waals surface area contributed by atoms with E-state index >= 15 is 0 Å². The van der Waals surface area contributed by atoms with E-state index in [0.29, 0.717) is 5.58 Å². The lowest BCUT2D eigenvalue weighted by molar-refractivity contribution is 0.517. The van der Waals surface area contributed by atoms with E-state index < -0.39 is 0 Å². The fraction of sp³-hybridized carbons (Fsp3) is 0.154. The zero-order valence-corrected chi connectivity index (χ0v) is 17.2. The van der Waals surface area contributed by atoms with Crippen LogP contribution >= 0.6 is 0 Å². The highest BCUT2D eigenvalue weighted by atomic mass is 16.4. The summed E-state index contributed by atoms with van der Waals surface area (Å²) in [5.74, 6) is 0.927. The highest BCUT2D eigenvalue weighted by Crippen LogP contribution is 2.37. The molecule has 0 amide bonds. The molecule has 1 aliphatic rings. The third kappa shape index (κ3) is 2.93. The largest absolute Gasteiger partial charge is 0.423 e. The Morgan fingerprint density at radius 1 is 0.968 bits per heavy atom. The number of anilines is 1. The number of aryl methyl sites for hydroxylation is 1. The molecule has 2 aromatic heterocycles.